The minimum Gasteiger partial charge on any atom is -0.862 e. The van der Waals surface area contributed by atoms with E-state index >= 15 is 0 Å². The molecule has 7 heteroatoms. The van der Waals surface area contributed by atoms with Gasteiger partial charge in [0.15, 0.2) is 0 Å². The van der Waals surface area contributed by atoms with Crippen molar-refractivity contribution < 1.29 is 39.0 Å². The van der Waals surface area contributed by atoms with Crippen LogP contribution in [0.3, 0.4) is 0 Å². The smallest absolute Gasteiger partial charge is 0.862 e. The summed E-state index contributed by atoms with van der Waals surface area (Å²) in [5.74, 6) is -0.975. The van der Waals surface area contributed by atoms with Gasteiger partial charge in [-0.25, -0.2) is 0 Å². The van der Waals surface area contributed by atoms with Crippen molar-refractivity contribution in [1.82, 2.24) is 4.90 Å². The first kappa shape index (κ1) is 24.4. The number of unbranched alkanes of at least 4 members (excludes halogenated alkanes) is 3. The van der Waals surface area contributed by atoms with Gasteiger partial charge in [-0.05, 0) is 38.5 Å². The zero-order valence-electron chi connectivity index (χ0n) is 14.5. The van der Waals surface area contributed by atoms with Crippen LogP contribution in [-0.4, -0.2) is 59.3 Å². The van der Waals surface area contributed by atoms with Crippen LogP contribution in [0.1, 0.15) is 45.4 Å². The van der Waals surface area contributed by atoms with Crippen LogP contribution in [0.4, 0.5) is 0 Å². The summed E-state index contributed by atoms with van der Waals surface area (Å²) >= 11 is 0. The molecule has 0 rings (SSSR count). The Hall–Kier alpha value is -0.803. The Morgan fingerprint density at radius 2 is 2.00 bits per heavy atom. The zero-order chi connectivity index (χ0) is 16.8. The molecule has 2 N–H and O–H groups in total. The van der Waals surface area contributed by atoms with Gasteiger partial charge in [0.1, 0.15) is 0 Å². The number of allylic oxidation sites excluding steroid dienone is 1. The van der Waals surface area contributed by atoms with Crippen molar-refractivity contribution in [3.63, 3.8) is 0 Å². The number of aliphatic hydroxyl groups is 1. The van der Waals surface area contributed by atoms with Gasteiger partial charge in [0.25, 0.3) is 0 Å². The molecule has 0 aromatic carbocycles. The van der Waals surface area contributed by atoms with Crippen molar-refractivity contribution in [2.24, 2.45) is 4.99 Å². The van der Waals surface area contributed by atoms with E-state index in [0.717, 1.165) is 25.7 Å². The molecular formula is C16H29LiN2O4. The fourth-order valence-electron chi connectivity index (χ4n) is 2.06. The number of carboxylic acids is 1. The summed E-state index contributed by atoms with van der Waals surface area (Å²) in [5.41, 5.74) is 0. The molecule has 0 saturated carbocycles. The summed E-state index contributed by atoms with van der Waals surface area (Å²) in [7, 11) is 0. The standard InChI is InChI=1S/C16H30N2O4.Li/c1-3-4-5-6-7-8-15(20)17-10-12-18(13-14(2)19)11-9-16(21)22;/h3,14,19H,1,4-13H2,2H3,(H,17,20)(H,21,22);/q;+1/p-1. The molecule has 128 valence electrons. The summed E-state index contributed by atoms with van der Waals surface area (Å²) in [6.07, 6.45) is 5.69. The van der Waals surface area contributed by atoms with Crippen molar-refractivity contribution in [3.05, 3.63) is 12.7 Å². The van der Waals surface area contributed by atoms with Gasteiger partial charge >= 0.3 is 24.8 Å². The van der Waals surface area contributed by atoms with E-state index in [4.69, 9.17) is 5.11 Å². The first-order chi connectivity index (χ1) is 10.5. The van der Waals surface area contributed by atoms with Crippen LogP contribution in [0.25, 0.3) is 0 Å². The van der Waals surface area contributed by atoms with Gasteiger partial charge in [-0.3, -0.25) is 9.69 Å². The molecule has 0 spiro atoms. The molecule has 0 amide bonds. The number of carbonyl (C=O) groups is 1. The summed E-state index contributed by atoms with van der Waals surface area (Å²) < 4.78 is 0. The molecule has 1 atom stereocenters. The number of rotatable bonds is 14. The number of hydrogen-bond donors (Lipinski definition) is 2. The fourth-order valence-corrected chi connectivity index (χ4v) is 2.06. The fraction of sp³-hybridized carbons (Fsp3) is 0.750. The average Bonchev–Trinajstić information content (AvgIpc) is 2.43. The van der Waals surface area contributed by atoms with Gasteiger partial charge < -0.3 is 20.3 Å². The first-order valence-electron chi connectivity index (χ1n) is 7.89. The minimum absolute atomic E-state index is 0. The monoisotopic (exact) mass is 320 g/mol. The van der Waals surface area contributed by atoms with Crippen molar-refractivity contribution in [3.8, 4) is 0 Å². The number of nitrogens with zero attached hydrogens (tertiary/aromatic N) is 2. The van der Waals surface area contributed by atoms with E-state index in [-0.39, 0.29) is 31.2 Å². The summed E-state index contributed by atoms with van der Waals surface area (Å²) in [5, 5.41) is 29.7. The van der Waals surface area contributed by atoms with E-state index < -0.39 is 12.1 Å². The van der Waals surface area contributed by atoms with Crippen LogP contribution in [-0.2, 0) is 4.79 Å². The summed E-state index contributed by atoms with van der Waals surface area (Å²) in [4.78, 5) is 16.4. The topological polar surface area (TPSA) is 96.2 Å². The van der Waals surface area contributed by atoms with Gasteiger partial charge in [0, 0.05) is 19.6 Å². The van der Waals surface area contributed by atoms with Gasteiger partial charge in [0.2, 0.25) is 0 Å². The Labute approximate surface area is 151 Å². The van der Waals surface area contributed by atoms with Crippen LogP contribution in [0, 0.1) is 0 Å². The number of aliphatic hydroxyl groups excluding tert-OH is 1. The Kier molecular flexibility index (Phi) is 17.1. The van der Waals surface area contributed by atoms with Gasteiger partial charge in [-0.1, -0.05) is 12.5 Å². The number of carboxylic acid groups (broad SMARTS) is 1. The molecule has 6 nitrogen and oxygen atoms in total. The van der Waals surface area contributed by atoms with E-state index in [1.807, 2.05) is 11.0 Å². The molecule has 1 unspecified atom stereocenters. The molecule has 0 bridgehead atoms. The number of hydrogen-bond acceptors (Lipinski definition) is 5. The van der Waals surface area contributed by atoms with Crippen LogP contribution in [0.2, 0.25) is 0 Å². The molecule has 0 aliphatic carbocycles. The molecule has 0 aliphatic rings. The Morgan fingerprint density at radius 3 is 2.57 bits per heavy atom. The first-order valence-corrected chi connectivity index (χ1v) is 7.89. The van der Waals surface area contributed by atoms with E-state index in [2.05, 4.69) is 11.6 Å². The normalized spacial score (nSPS) is 12.7. The van der Waals surface area contributed by atoms with E-state index in [1.165, 1.54) is 0 Å². The zero-order valence-corrected chi connectivity index (χ0v) is 14.5. The van der Waals surface area contributed by atoms with Crippen LogP contribution in [0.15, 0.2) is 17.6 Å². The van der Waals surface area contributed by atoms with Crippen molar-refractivity contribution in [2.45, 2.75) is 51.6 Å². The number of aliphatic carboxylic acids is 1. The van der Waals surface area contributed by atoms with Crippen LogP contribution < -0.4 is 24.0 Å². The quantitative estimate of drug-likeness (QED) is 0.127. The molecule has 0 fully saturated rings. The molecule has 0 aromatic heterocycles. The maximum atomic E-state index is 11.6. The van der Waals surface area contributed by atoms with Crippen molar-refractivity contribution in [1.29, 1.82) is 0 Å². The van der Waals surface area contributed by atoms with Gasteiger partial charge in [0.05, 0.1) is 19.1 Å². The van der Waals surface area contributed by atoms with Crippen molar-refractivity contribution >= 4 is 11.9 Å². The van der Waals surface area contributed by atoms with Crippen LogP contribution >= 0.6 is 0 Å². The molecule has 23 heavy (non-hydrogen) atoms. The molecule has 0 heterocycles. The SMILES string of the molecule is C=CCCCCCC([O-])=NCCN(CCC(=O)O)CC(C)O.[Li+]. The number of aliphatic imine (C=N–C) groups is 1. The largest absolute Gasteiger partial charge is 1.00 e. The van der Waals surface area contributed by atoms with Gasteiger partial charge in [-0.2, -0.15) is 0 Å². The Balaban J connectivity index is 0. The third-order valence-electron chi connectivity index (χ3n) is 3.17. The molecular weight excluding hydrogens is 291 g/mol. The van der Waals surface area contributed by atoms with E-state index in [1.54, 1.807) is 6.92 Å². The molecule has 0 aliphatic heterocycles. The third-order valence-corrected chi connectivity index (χ3v) is 3.17. The predicted molar refractivity (Wildman–Crippen MR) is 86.0 cm³/mol. The Morgan fingerprint density at radius 1 is 1.30 bits per heavy atom. The van der Waals surface area contributed by atoms with Gasteiger partial charge in [-0.15, -0.1) is 6.58 Å². The summed E-state index contributed by atoms with van der Waals surface area (Å²) in [6, 6.07) is 0. The Bertz CT molecular complexity index is 349. The second-order valence-electron chi connectivity index (χ2n) is 5.46. The molecule has 0 radical (unpaired) electrons. The summed E-state index contributed by atoms with van der Waals surface area (Å²) in [6.45, 7) is 6.88. The molecule has 0 saturated heterocycles. The minimum atomic E-state index is -0.872. The maximum absolute atomic E-state index is 11.6. The molecule has 0 aromatic rings. The van der Waals surface area contributed by atoms with Crippen LogP contribution in [0.5, 0.6) is 0 Å². The average molecular weight is 320 g/mol. The van der Waals surface area contributed by atoms with E-state index in [9.17, 15) is 15.0 Å². The predicted octanol–water partition coefficient (Wildman–Crippen LogP) is -1.96. The second kappa shape index (κ2) is 16.1. The van der Waals surface area contributed by atoms with E-state index in [0.29, 0.717) is 32.6 Å². The second-order valence-corrected chi connectivity index (χ2v) is 5.46. The maximum Gasteiger partial charge on any atom is 1.00 e. The van der Waals surface area contributed by atoms with Crippen molar-refractivity contribution in [2.75, 3.05) is 26.2 Å². The third kappa shape index (κ3) is 17.4.